The third-order valence-corrected chi connectivity index (χ3v) is 4.02. The monoisotopic (exact) mass is 373 g/mol. The van der Waals surface area contributed by atoms with Crippen LogP contribution in [0.3, 0.4) is 0 Å². The molecule has 2 amide bonds. The van der Waals surface area contributed by atoms with Gasteiger partial charge in [0.05, 0.1) is 5.56 Å². The Morgan fingerprint density at radius 2 is 2.00 bits per heavy atom. The second-order valence-corrected chi connectivity index (χ2v) is 6.50. The number of nitrogens with zero attached hydrogens (tertiary/aromatic N) is 1. The van der Waals surface area contributed by atoms with Crippen molar-refractivity contribution in [3.8, 4) is 0 Å². The average Bonchev–Trinajstić information content (AvgIpc) is 2.42. The molecule has 0 bridgehead atoms. The molecule has 0 radical (unpaired) electrons. The number of hydrogen-bond donors (Lipinski definition) is 2. The fraction of sp³-hybridized carbons (Fsp3) is 0.429. The highest BCUT2D eigenvalue weighted by Crippen LogP contribution is 2.16. The lowest BCUT2D eigenvalue weighted by atomic mass is 10.1. The van der Waals surface area contributed by atoms with Crippen molar-refractivity contribution in [2.24, 2.45) is 0 Å². The number of hydrazine groups is 1. The predicted octanol–water partition coefficient (Wildman–Crippen LogP) is 1.89. The Morgan fingerprint density at radius 1 is 1.33 bits per heavy atom. The number of thioether (sulfide) groups is 1. The Hall–Kier alpha value is -1.05. The first-order valence-electron chi connectivity index (χ1n) is 6.48. The second kappa shape index (κ2) is 9.07. The van der Waals surface area contributed by atoms with Crippen molar-refractivity contribution in [2.45, 2.75) is 12.5 Å². The molecule has 0 heterocycles. The smallest absolute Gasteiger partial charge is 0.256 e. The molecule has 0 saturated carbocycles. The number of nitrogens with one attached hydrogen (secondary N) is 2. The molecule has 5 nitrogen and oxygen atoms in total. The molecule has 0 spiro atoms. The zero-order chi connectivity index (χ0) is 15.8. The van der Waals surface area contributed by atoms with Gasteiger partial charge in [-0.15, -0.1) is 0 Å². The Balaban J connectivity index is 2.78. The van der Waals surface area contributed by atoms with E-state index in [1.54, 1.807) is 49.1 Å². The first-order valence-corrected chi connectivity index (χ1v) is 8.66. The summed E-state index contributed by atoms with van der Waals surface area (Å²) in [6, 6.07) is 6.58. The van der Waals surface area contributed by atoms with Crippen molar-refractivity contribution < 1.29 is 9.59 Å². The van der Waals surface area contributed by atoms with Gasteiger partial charge in [0.2, 0.25) is 0 Å². The molecule has 1 rings (SSSR count). The van der Waals surface area contributed by atoms with Crippen LogP contribution in [0, 0.1) is 0 Å². The lowest BCUT2D eigenvalue weighted by Gasteiger charge is -2.21. The summed E-state index contributed by atoms with van der Waals surface area (Å²) in [5.41, 5.74) is 3.20. The number of carbonyl (C=O) groups is 2. The Kier molecular flexibility index (Phi) is 7.77. The average molecular weight is 374 g/mol. The van der Waals surface area contributed by atoms with Gasteiger partial charge >= 0.3 is 0 Å². The summed E-state index contributed by atoms with van der Waals surface area (Å²) in [4.78, 5) is 24.4. The summed E-state index contributed by atoms with van der Waals surface area (Å²) in [5, 5.41) is 4.36. The Morgan fingerprint density at radius 3 is 2.57 bits per heavy atom. The summed E-state index contributed by atoms with van der Waals surface area (Å²) in [5.74, 6) is 0.318. The van der Waals surface area contributed by atoms with E-state index in [0.29, 0.717) is 16.5 Å². The van der Waals surface area contributed by atoms with Gasteiger partial charge < -0.3 is 5.32 Å². The van der Waals surface area contributed by atoms with Gasteiger partial charge in [0, 0.05) is 18.6 Å². The normalized spacial score (nSPS) is 12.0. The van der Waals surface area contributed by atoms with E-state index in [4.69, 9.17) is 0 Å². The van der Waals surface area contributed by atoms with Gasteiger partial charge in [-0.1, -0.05) is 12.1 Å². The van der Waals surface area contributed by atoms with E-state index in [9.17, 15) is 9.59 Å². The lowest BCUT2D eigenvalue weighted by Crippen LogP contribution is -2.50. The van der Waals surface area contributed by atoms with Crippen LogP contribution in [-0.4, -0.2) is 49.0 Å². The minimum atomic E-state index is -0.556. The topological polar surface area (TPSA) is 61.4 Å². The van der Waals surface area contributed by atoms with Gasteiger partial charge in [0.25, 0.3) is 11.8 Å². The van der Waals surface area contributed by atoms with Crippen LogP contribution in [0.2, 0.25) is 0 Å². The number of rotatable bonds is 7. The predicted molar refractivity (Wildman–Crippen MR) is 90.2 cm³/mol. The van der Waals surface area contributed by atoms with Crippen LogP contribution in [-0.2, 0) is 4.79 Å². The summed E-state index contributed by atoms with van der Waals surface area (Å²) >= 11 is 4.98. The van der Waals surface area contributed by atoms with Crippen molar-refractivity contribution in [1.82, 2.24) is 15.8 Å². The number of benzene rings is 1. The van der Waals surface area contributed by atoms with Crippen molar-refractivity contribution in [1.29, 1.82) is 0 Å². The van der Waals surface area contributed by atoms with Crippen molar-refractivity contribution in [2.75, 3.05) is 26.1 Å². The highest BCUT2D eigenvalue weighted by Gasteiger charge is 2.22. The van der Waals surface area contributed by atoms with Crippen LogP contribution in [0.5, 0.6) is 0 Å². The highest BCUT2D eigenvalue weighted by molar-refractivity contribution is 9.10. The summed E-state index contributed by atoms with van der Waals surface area (Å²) < 4.78 is 0.708. The molecular formula is C14H20BrN3O2S. The molecule has 0 aliphatic rings. The fourth-order valence-corrected chi connectivity index (χ4v) is 2.62. The van der Waals surface area contributed by atoms with E-state index in [2.05, 4.69) is 26.7 Å². The second-order valence-electron chi connectivity index (χ2n) is 4.66. The van der Waals surface area contributed by atoms with Crippen LogP contribution in [0.15, 0.2) is 28.7 Å². The minimum absolute atomic E-state index is 0.213. The molecule has 1 atom stereocenters. The molecule has 0 fully saturated rings. The third-order valence-electron chi connectivity index (χ3n) is 2.68. The molecule has 1 aromatic carbocycles. The van der Waals surface area contributed by atoms with Gasteiger partial charge in [-0.2, -0.15) is 11.8 Å². The number of halogens is 1. The quantitative estimate of drug-likeness (QED) is 0.716. The van der Waals surface area contributed by atoms with E-state index >= 15 is 0 Å². The SMILES string of the molecule is CSCC[C@H](NC(=O)c1ccccc1Br)C(=O)NN(C)C. The molecule has 7 heteroatoms. The van der Waals surface area contributed by atoms with E-state index < -0.39 is 6.04 Å². The standard InChI is InChI=1S/C14H20BrN3O2S/c1-18(2)17-14(20)12(8-9-21-3)16-13(19)10-6-4-5-7-11(10)15/h4-7,12H,8-9H2,1-3H3,(H,16,19)(H,17,20)/t12-/m0/s1. The number of hydrogen-bond acceptors (Lipinski definition) is 4. The minimum Gasteiger partial charge on any atom is -0.340 e. The van der Waals surface area contributed by atoms with Gasteiger partial charge in [-0.25, -0.2) is 5.01 Å². The summed E-state index contributed by atoms with van der Waals surface area (Å²) in [6.45, 7) is 0. The van der Waals surface area contributed by atoms with Crippen LogP contribution >= 0.6 is 27.7 Å². The van der Waals surface area contributed by atoms with Crippen molar-refractivity contribution >= 4 is 39.5 Å². The maximum Gasteiger partial charge on any atom is 0.256 e. The van der Waals surface area contributed by atoms with Crippen molar-refractivity contribution in [3.05, 3.63) is 34.3 Å². The van der Waals surface area contributed by atoms with Gasteiger partial charge in [0.1, 0.15) is 6.04 Å². The molecular weight excluding hydrogens is 354 g/mol. The molecule has 0 aliphatic heterocycles. The highest BCUT2D eigenvalue weighted by atomic mass is 79.9. The first kappa shape index (κ1) is 18.0. The van der Waals surface area contributed by atoms with Crippen LogP contribution < -0.4 is 10.7 Å². The lowest BCUT2D eigenvalue weighted by molar-refractivity contribution is -0.126. The first-order chi connectivity index (χ1) is 9.95. The third kappa shape index (κ3) is 6.07. The number of amides is 2. The molecule has 0 unspecified atom stereocenters. The van der Waals surface area contributed by atoms with Gasteiger partial charge in [0.15, 0.2) is 0 Å². The van der Waals surface area contributed by atoms with E-state index in [0.717, 1.165) is 5.75 Å². The van der Waals surface area contributed by atoms with E-state index in [1.807, 2.05) is 12.3 Å². The molecule has 0 saturated heterocycles. The molecule has 1 aromatic rings. The van der Waals surface area contributed by atoms with Crippen LogP contribution in [0.25, 0.3) is 0 Å². The zero-order valence-electron chi connectivity index (χ0n) is 12.4. The van der Waals surface area contributed by atoms with Crippen LogP contribution in [0.1, 0.15) is 16.8 Å². The zero-order valence-corrected chi connectivity index (χ0v) is 14.8. The van der Waals surface area contributed by atoms with Gasteiger partial charge in [-0.05, 0) is 46.5 Å². The van der Waals surface area contributed by atoms with Gasteiger partial charge in [-0.3, -0.25) is 15.0 Å². The summed E-state index contributed by atoms with van der Waals surface area (Å²) in [6.07, 6.45) is 2.55. The van der Waals surface area contributed by atoms with Crippen LogP contribution in [0.4, 0.5) is 0 Å². The van der Waals surface area contributed by atoms with E-state index in [1.165, 1.54) is 0 Å². The Labute approximate surface area is 137 Å². The molecule has 0 aromatic heterocycles. The number of carbonyl (C=O) groups excluding carboxylic acids is 2. The maximum absolute atomic E-state index is 12.3. The maximum atomic E-state index is 12.3. The van der Waals surface area contributed by atoms with E-state index in [-0.39, 0.29) is 11.8 Å². The summed E-state index contributed by atoms with van der Waals surface area (Å²) in [7, 11) is 3.47. The van der Waals surface area contributed by atoms with Crippen molar-refractivity contribution in [3.63, 3.8) is 0 Å². The Bertz CT molecular complexity index is 497. The molecule has 116 valence electrons. The fourth-order valence-electron chi connectivity index (χ4n) is 1.68. The largest absolute Gasteiger partial charge is 0.340 e. The molecule has 2 N–H and O–H groups in total. The molecule has 21 heavy (non-hydrogen) atoms. The molecule has 0 aliphatic carbocycles.